The Morgan fingerprint density at radius 2 is 1.77 bits per heavy atom. The van der Waals surface area contributed by atoms with Gasteiger partial charge in [0.1, 0.15) is 12.4 Å². The van der Waals surface area contributed by atoms with Crippen molar-refractivity contribution in [2.24, 2.45) is 5.10 Å². The third-order valence-corrected chi connectivity index (χ3v) is 5.36. The molecule has 2 aromatic rings. The largest absolute Gasteiger partial charge is 0.492 e. The number of aryl methyl sites for hydroxylation is 2. The van der Waals surface area contributed by atoms with Crippen molar-refractivity contribution in [3.63, 3.8) is 0 Å². The topological polar surface area (TPSA) is 63.2 Å². The molecule has 3 rings (SSSR count). The first kappa shape index (κ1) is 22.0. The van der Waals surface area contributed by atoms with E-state index in [-0.39, 0.29) is 5.91 Å². The molecule has 0 aliphatic carbocycles. The van der Waals surface area contributed by atoms with E-state index >= 15 is 0 Å². The van der Waals surface area contributed by atoms with Gasteiger partial charge in [-0.15, -0.1) is 0 Å². The van der Waals surface area contributed by atoms with Crippen LogP contribution in [0.1, 0.15) is 40.4 Å². The number of carbonyl (C=O) groups excluding carboxylic acids is 1. The first-order valence-corrected chi connectivity index (χ1v) is 10.5. The van der Waals surface area contributed by atoms with Crippen molar-refractivity contribution < 1.29 is 14.3 Å². The number of ether oxygens (including phenoxy) is 2. The highest BCUT2D eigenvalue weighted by atomic mass is 16.5. The molecule has 2 aromatic carbocycles. The van der Waals surface area contributed by atoms with Crippen LogP contribution in [0.15, 0.2) is 47.6 Å². The van der Waals surface area contributed by atoms with Crippen LogP contribution < -0.4 is 10.2 Å². The summed E-state index contributed by atoms with van der Waals surface area (Å²) in [6.45, 7) is 11.1. The van der Waals surface area contributed by atoms with Gasteiger partial charge in [0.2, 0.25) is 0 Å². The minimum atomic E-state index is -0.202. The number of nitrogens with zero attached hydrogens (tertiary/aromatic N) is 2. The second kappa shape index (κ2) is 10.9. The summed E-state index contributed by atoms with van der Waals surface area (Å²) in [4.78, 5) is 14.8. The molecule has 1 aliphatic heterocycles. The van der Waals surface area contributed by atoms with Crippen molar-refractivity contribution in [2.45, 2.75) is 27.2 Å². The first-order valence-electron chi connectivity index (χ1n) is 10.5. The molecular weight excluding hydrogens is 378 g/mol. The lowest BCUT2D eigenvalue weighted by Gasteiger charge is -2.26. The van der Waals surface area contributed by atoms with Gasteiger partial charge in [-0.05, 0) is 73.4 Å². The van der Waals surface area contributed by atoms with E-state index in [1.165, 1.54) is 0 Å². The number of hydrogen-bond donors (Lipinski definition) is 1. The lowest BCUT2D eigenvalue weighted by Crippen LogP contribution is -2.38. The molecule has 0 spiro atoms. The number of hydrazone groups is 1. The number of hydrogen-bond acceptors (Lipinski definition) is 5. The SMILES string of the molecule is CC/C(=N\NC(=O)c1ccc(C)c(C)c1)c1ccc(OCCN2CCOCC2)cc1. The lowest BCUT2D eigenvalue weighted by molar-refractivity contribution is 0.0322. The third kappa shape index (κ3) is 6.15. The van der Waals surface area contributed by atoms with Crippen molar-refractivity contribution in [3.05, 3.63) is 64.7 Å². The normalized spacial score (nSPS) is 15.1. The molecular formula is C24H31N3O3. The molecule has 6 heteroatoms. The molecule has 0 saturated carbocycles. The second-order valence-electron chi connectivity index (χ2n) is 7.48. The molecule has 0 unspecified atom stereocenters. The predicted octanol–water partition coefficient (Wildman–Crippen LogP) is 3.56. The van der Waals surface area contributed by atoms with E-state index in [1.807, 2.05) is 63.2 Å². The Bertz CT molecular complexity index is 872. The van der Waals surface area contributed by atoms with Gasteiger partial charge in [0.15, 0.2) is 0 Å². The Balaban J connectivity index is 1.54. The van der Waals surface area contributed by atoms with Crippen molar-refractivity contribution in [2.75, 3.05) is 39.5 Å². The summed E-state index contributed by atoms with van der Waals surface area (Å²) in [6, 6.07) is 13.5. The monoisotopic (exact) mass is 409 g/mol. The van der Waals surface area contributed by atoms with Crippen LogP contribution in [-0.2, 0) is 4.74 Å². The zero-order chi connectivity index (χ0) is 21.3. The van der Waals surface area contributed by atoms with Gasteiger partial charge < -0.3 is 9.47 Å². The fourth-order valence-corrected chi connectivity index (χ4v) is 3.27. The van der Waals surface area contributed by atoms with Gasteiger partial charge in [-0.1, -0.05) is 13.0 Å². The Morgan fingerprint density at radius 1 is 1.07 bits per heavy atom. The number of rotatable bonds is 8. The number of morpholine rings is 1. The van der Waals surface area contributed by atoms with Crippen LogP contribution in [0.3, 0.4) is 0 Å². The van der Waals surface area contributed by atoms with Gasteiger partial charge >= 0.3 is 0 Å². The molecule has 0 atom stereocenters. The molecule has 0 radical (unpaired) electrons. The predicted molar refractivity (Wildman–Crippen MR) is 119 cm³/mol. The van der Waals surface area contributed by atoms with Crippen LogP contribution in [0.25, 0.3) is 0 Å². The number of nitrogens with one attached hydrogen (secondary N) is 1. The maximum atomic E-state index is 12.4. The average Bonchev–Trinajstić information content (AvgIpc) is 2.77. The van der Waals surface area contributed by atoms with Crippen LogP contribution >= 0.6 is 0 Å². The van der Waals surface area contributed by atoms with Gasteiger partial charge in [-0.3, -0.25) is 9.69 Å². The van der Waals surface area contributed by atoms with Crippen molar-refractivity contribution in [3.8, 4) is 5.75 Å². The fourth-order valence-electron chi connectivity index (χ4n) is 3.27. The Labute approximate surface area is 178 Å². The van der Waals surface area contributed by atoms with E-state index in [9.17, 15) is 4.79 Å². The summed E-state index contributed by atoms with van der Waals surface area (Å²) in [5.74, 6) is 0.633. The second-order valence-corrected chi connectivity index (χ2v) is 7.48. The van der Waals surface area contributed by atoms with Crippen LogP contribution in [-0.4, -0.2) is 56.0 Å². The molecule has 0 aromatic heterocycles. The number of benzene rings is 2. The molecule has 1 heterocycles. The number of carbonyl (C=O) groups is 1. The van der Waals surface area contributed by atoms with Crippen molar-refractivity contribution in [1.29, 1.82) is 0 Å². The number of amides is 1. The molecule has 1 N–H and O–H groups in total. The first-order chi connectivity index (χ1) is 14.6. The maximum Gasteiger partial charge on any atom is 0.271 e. The highest BCUT2D eigenvalue weighted by molar-refractivity contribution is 6.02. The Kier molecular flexibility index (Phi) is 7.99. The molecule has 1 aliphatic rings. The standard InChI is InChI=1S/C24H31N3O3/c1-4-23(25-26-24(28)21-6-5-18(2)19(3)17-21)20-7-9-22(10-8-20)30-16-13-27-11-14-29-15-12-27/h5-10,17H,4,11-16H2,1-3H3,(H,26,28)/b25-23+. The average molecular weight is 410 g/mol. The molecule has 30 heavy (non-hydrogen) atoms. The van der Waals surface area contributed by atoms with Crippen molar-refractivity contribution >= 4 is 11.6 Å². The Hall–Kier alpha value is -2.70. The molecule has 1 saturated heterocycles. The van der Waals surface area contributed by atoms with Crippen LogP contribution in [0.5, 0.6) is 5.75 Å². The summed E-state index contributed by atoms with van der Waals surface area (Å²) >= 11 is 0. The van der Waals surface area contributed by atoms with Gasteiger partial charge in [-0.2, -0.15) is 5.10 Å². The summed E-state index contributed by atoms with van der Waals surface area (Å²) in [5, 5.41) is 4.35. The van der Waals surface area contributed by atoms with E-state index in [1.54, 1.807) is 0 Å². The lowest BCUT2D eigenvalue weighted by atomic mass is 10.1. The van der Waals surface area contributed by atoms with Gasteiger partial charge in [0, 0.05) is 25.2 Å². The fraction of sp³-hybridized carbons (Fsp3) is 0.417. The summed E-state index contributed by atoms with van der Waals surface area (Å²) < 4.78 is 11.2. The summed E-state index contributed by atoms with van der Waals surface area (Å²) in [5.41, 5.74) is 7.34. The Morgan fingerprint density at radius 3 is 2.43 bits per heavy atom. The molecule has 6 nitrogen and oxygen atoms in total. The van der Waals surface area contributed by atoms with Gasteiger partial charge in [-0.25, -0.2) is 5.43 Å². The van der Waals surface area contributed by atoms with Crippen molar-refractivity contribution in [1.82, 2.24) is 10.3 Å². The quantitative estimate of drug-likeness (QED) is 0.535. The smallest absolute Gasteiger partial charge is 0.271 e. The molecule has 1 amide bonds. The molecule has 0 bridgehead atoms. The highest BCUT2D eigenvalue weighted by Crippen LogP contribution is 2.14. The summed E-state index contributed by atoms with van der Waals surface area (Å²) in [7, 11) is 0. The zero-order valence-corrected chi connectivity index (χ0v) is 18.1. The maximum absolute atomic E-state index is 12.4. The minimum Gasteiger partial charge on any atom is -0.492 e. The summed E-state index contributed by atoms with van der Waals surface area (Å²) in [6.07, 6.45) is 0.713. The van der Waals surface area contributed by atoms with Gasteiger partial charge in [0.25, 0.3) is 5.91 Å². The highest BCUT2D eigenvalue weighted by Gasteiger charge is 2.10. The third-order valence-electron chi connectivity index (χ3n) is 5.36. The zero-order valence-electron chi connectivity index (χ0n) is 18.1. The van der Waals surface area contributed by atoms with E-state index in [2.05, 4.69) is 15.4 Å². The van der Waals surface area contributed by atoms with E-state index in [0.29, 0.717) is 18.6 Å². The van der Waals surface area contributed by atoms with Gasteiger partial charge in [0.05, 0.1) is 18.9 Å². The minimum absolute atomic E-state index is 0.202. The van der Waals surface area contributed by atoms with E-state index in [0.717, 1.165) is 61.0 Å². The molecule has 1 fully saturated rings. The molecule has 160 valence electrons. The van der Waals surface area contributed by atoms with Crippen LogP contribution in [0.4, 0.5) is 0 Å². The van der Waals surface area contributed by atoms with Crippen LogP contribution in [0, 0.1) is 13.8 Å². The van der Waals surface area contributed by atoms with Crippen LogP contribution in [0.2, 0.25) is 0 Å². The van der Waals surface area contributed by atoms with E-state index < -0.39 is 0 Å². The van der Waals surface area contributed by atoms with E-state index in [4.69, 9.17) is 9.47 Å².